The number of anilines is 1. The van der Waals surface area contributed by atoms with Crippen molar-refractivity contribution in [1.29, 1.82) is 0 Å². The minimum atomic E-state index is -1.90. The fraction of sp³-hybridized carbons (Fsp3) is 0.636. The summed E-state index contributed by atoms with van der Waals surface area (Å²) in [7, 11) is 0.0239. The number of nitrogens with zero attached hydrogens (tertiary/aromatic N) is 1. The summed E-state index contributed by atoms with van der Waals surface area (Å²) in [5.74, 6) is -0.654. The van der Waals surface area contributed by atoms with Gasteiger partial charge < -0.3 is 14.5 Å². The summed E-state index contributed by atoms with van der Waals surface area (Å²) >= 11 is 0. The van der Waals surface area contributed by atoms with Gasteiger partial charge in [-0.3, -0.25) is 9.69 Å². The molecule has 1 aromatic carbocycles. The highest BCUT2D eigenvalue weighted by Gasteiger charge is 2.43. The van der Waals surface area contributed by atoms with Gasteiger partial charge in [0.2, 0.25) is 5.91 Å². The van der Waals surface area contributed by atoms with Crippen molar-refractivity contribution in [2.75, 3.05) is 18.9 Å². The molecule has 7 heteroatoms. The van der Waals surface area contributed by atoms with Crippen molar-refractivity contribution in [1.82, 2.24) is 4.90 Å². The van der Waals surface area contributed by atoms with E-state index < -0.39 is 8.32 Å². The summed E-state index contributed by atoms with van der Waals surface area (Å²) in [6.45, 7) is 11.8. The molecule has 0 spiro atoms. The Morgan fingerprint density at radius 1 is 1.31 bits per heavy atom. The number of hydrogen-bond acceptors (Lipinski definition) is 4. The summed E-state index contributed by atoms with van der Waals surface area (Å²) in [5, 5.41) is 3.00. The lowest BCUT2D eigenvalue weighted by molar-refractivity contribution is -0.120. The minimum Gasteiger partial charge on any atom is -0.413 e. The Morgan fingerprint density at radius 2 is 2.00 bits per heavy atom. The summed E-state index contributed by atoms with van der Waals surface area (Å²) in [6, 6.07) is 2.87. The van der Waals surface area contributed by atoms with Crippen LogP contribution in [0.1, 0.15) is 38.3 Å². The Bertz CT molecular complexity index is 806. The lowest BCUT2D eigenvalue weighted by Gasteiger charge is -2.38. The zero-order chi connectivity index (χ0) is 21.6. The molecular formula is C22H33FN2O3Si. The molecule has 0 saturated carbocycles. The van der Waals surface area contributed by atoms with Gasteiger partial charge in [0.05, 0.1) is 12.1 Å². The van der Waals surface area contributed by atoms with Crippen LogP contribution in [0.5, 0.6) is 0 Å². The van der Waals surface area contributed by atoms with Crippen molar-refractivity contribution in [2.24, 2.45) is 5.92 Å². The van der Waals surface area contributed by atoms with Crippen molar-refractivity contribution in [3.05, 3.63) is 29.1 Å². The quantitative estimate of drug-likeness (QED) is 0.582. The number of carbonyl (C=O) groups is 2. The van der Waals surface area contributed by atoms with E-state index in [-0.39, 0.29) is 34.8 Å². The van der Waals surface area contributed by atoms with E-state index in [2.05, 4.69) is 39.2 Å². The fourth-order valence-corrected chi connectivity index (χ4v) is 5.41. The zero-order valence-corrected chi connectivity index (χ0v) is 19.3. The van der Waals surface area contributed by atoms with Crippen LogP contribution in [0.2, 0.25) is 18.1 Å². The molecule has 2 aliphatic rings. The number of aldehydes is 1. The second-order valence-corrected chi connectivity index (χ2v) is 14.8. The third kappa shape index (κ3) is 4.62. The van der Waals surface area contributed by atoms with Crippen molar-refractivity contribution < 1.29 is 18.4 Å². The molecule has 3 rings (SSSR count). The molecule has 160 valence electrons. The number of nitrogens with one attached hydrogen (secondary N) is 1. The summed E-state index contributed by atoms with van der Waals surface area (Å²) < 4.78 is 20.9. The third-order valence-electron chi connectivity index (χ3n) is 6.78. The molecule has 29 heavy (non-hydrogen) atoms. The maximum Gasteiger partial charge on any atom is 0.241 e. The van der Waals surface area contributed by atoms with Gasteiger partial charge >= 0.3 is 0 Å². The monoisotopic (exact) mass is 420 g/mol. The Kier molecular flexibility index (Phi) is 6.05. The summed E-state index contributed by atoms with van der Waals surface area (Å²) in [5.41, 5.74) is 1.87. The first-order valence-corrected chi connectivity index (χ1v) is 13.3. The average molecular weight is 421 g/mol. The van der Waals surface area contributed by atoms with E-state index in [0.717, 1.165) is 11.8 Å². The number of likely N-dealkylation sites (tertiary alicyclic amines) is 1. The molecule has 3 atom stereocenters. The van der Waals surface area contributed by atoms with Gasteiger partial charge in [0.25, 0.3) is 0 Å². The highest BCUT2D eigenvalue weighted by Crippen LogP contribution is 2.39. The largest absolute Gasteiger partial charge is 0.413 e. The van der Waals surface area contributed by atoms with E-state index in [9.17, 15) is 14.0 Å². The minimum absolute atomic E-state index is 0.0294. The van der Waals surface area contributed by atoms with Gasteiger partial charge in [-0.2, -0.15) is 0 Å². The highest BCUT2D eigenvalue weighted by atomic mass is 28.4. The van der Waals surface area contributed by atoms with E-state index in [0.29, 0.717) is 37.1 Å². The number of carbonyl (C=O) groups excluding carboxylic acids is 2. The van der Waals surface area contributed by atoms with Gasteiger partial charge in [0.15, 0.2) is 8.32 Å². The molecule has 5 nitrogen and oxygen atoms in total. The molecule has 1 saturated heterocycles. The van der Waals surface area contributed by atoms with E-state index >= 15 is 0 Å². The summed E-state index contributed by atoms with van der Waals surface area (Å²) in [6.07, 6.45) is 2.52. The van der Waals surface area contributed by atoms with Gasteiger partial charge in [-0.15, -0.1) is 0 Å². The number of halogens is 1. The van der Waals surface area contributed by atoms with E-state index in [1.807, 2.05) is 11.9 Å². The zero-order valence-electron chi connectivity index (χ0n) is 18.3. The van der Waals surface area contributed by atoms with E-state index in [1.54, 1.807) is 6.07 Å². The number of hydrogen-bond donors (Lipinski definition) is 1. The standard InChI is InChI=1S/C22H33FN2O3Si/c1-22(2,3)29(5,6)28-17-11-20(25(4)12-17)21(27)24-16-9-15-7-14(13-26)8-18(15)19(23)10-16/h9-10,13-14,17,20H,7-8,11-12H2,1-6H3,(H,24,27). The molecule has 1 aliphatic heterocycles. The Hall–Kier alpha value is -1.57. The van der Waals surface area contributed by atoms with Gasteiger partial charge in [-0.05, 0) is 67.7 Å². The normalized spacial score (nSPS) is 25.1. The lowest BCUT2D eigenvalue weighted by atomic mass is 10.1. The van der Waals surface area contributed by atoms with Gasteiger partial charge in [0.1, 0.15) is 12.1 Å². The maximum atomic E-state index is 14.4. The number of benzene rings is 1. The molecule has 1 fully saturated rings. The molecule has 1 N–H and O–H groups in total. The topological polar surface area (TPSA) is 58.6 Å². The van der Waals surface area contributed by atoms with Crippen molar-refractivity contribution in [2.45, 2.75) is 70.3 Å². The predicted molar refractivity (Wildman–Crippen MR) is 115 cm³/mol. The summed E-state index contributed by atoms with van der Waals surface area (Å²) in [4.78, 5) is 25.9. The first-order chi connectivity index (χ1) is 13.4. The molecule has 1 aliphatic carbocycles. The molecule has 1 amide bonds. The van der Waals surface area contributed by atoms with Crippen LogP contribution in [0.25, 0.3) is 0 Å². The van der Waals surface area contributed by atoms with Crippen LogP contribution in [0.4, 0.5) is 10.1 Å². The first kappa shape index (κ1) is 22.1. The molecule has 3 unspecified atom stereocenters. The van der Waals surface area contributed by atoms with Crippen LogP contribution in [0.15, 0.2) is 12.1 Å². The molecular weight excluding hydrogens is 387 g/mol. The second kappa shape index (κ2) is 7.93. The third-order valence-corrected chi connectivity index (χ3v) is 11.3. The van der Waals surface area contributed by atoms with Crippen molar-refractivity contribution >= 4 is 26.2 Å². The van der Waals surface area contributed by atoms with Crippen molar-refractivity contribution in [3.63, 3.8) is 0 Å². The van der Waals surface area contributed by atoms with Crippen LogP contribution in [0.3, 0.4) is 0 Å². The molecule has 0 aromatic heterocycles. The molecule has 1 aromatic rings. The van der Waals surface area contributed by atoms with Gasteiger partial charge in [-0.25, -0.2) is 4.39 Å². The number of fused-ring (bicyclic) bond motifs is 1. The number of likely N-dealkylation sites (N-methyl/N-ethyl adjacent to an activating group) is 1. The highest BCUT2D eigenvalue weighted by molar-refractivity contribution is 6.74. The molecule has 1 heterocycles. The van der Waals surface area contributed by atoms with Crippen LogP contribution in [-0.2, 0) is 26.9 Å². The van der Waals surface area contributed by atoms with Crippen LogP contribution in [0, 0.1) is 11.7 Å². The van der Waals surface area contributed by atoms with Gasteiger partial charge in [-0.1, -0.05) is 20.8 Å². The SMILES string of the molecule is CN1CC(O[Si](C)(C)C(C)(C)C)CC1C(=O)Nc1cc(F)c2c(c1)CC(C=O)C2. The van der Waals surface area contributed by atoms with Gasteiger partial charge in [0, 0.05) is 18.2 Å². The molecule has 0 radical (unpaired) electrons. The first-order valence-electron chi connectivity index (χ1n) is 10.4. The van der Waals surface area contributed by atoms with Crippen molar-refractivity contribution in [3.8, 4) is 0 Å². The number of rotatable bonds is 5. The number of amides is 1. The van der Waals surface area contributed by atoms with Crippen LogP contribution < -0.4 is 5.32 Å². The fourth-order valence-electron chi connectivity index (χ4n) is 4.05. The van der Waals surface area contributed by atoms with Crippen LogP contribution >= 0.6 is 0 Å². The van der Waals surface area contributed by atoms with E-state index in [4.69, 9.17) is 4.43 Å². The van der Waals surface area contributed by atoms with Crippen LogP contribution in [-0.4, -0.2) is 51.1 Å². The Morgan fingerprint density at radius 3 is 2.62 bits per heavy atom. The average Bonchev–Trinajstić information content (AvgIpc) is 3.16. The Balaban J connectivity index is 1.66. The predicted octanol–water partition coefficient (Wildman–Crippen LogP) is 3.77. The smallest absolute Gasteiger partial charge is 0.241 e. The van der Waals surface area contributed by atoms with E-state index in [1.165, 1.54) is 6.07 Å². The Labute approximate surface area is 174 Å². The maximum absolute atomic E-state index is 14.4. The second-order valence-electron chi connectivity index (χ2n) is 10.1. The molecule has 0 bridgehead atoms. The lowest BCUT2D eigenvalue weighted by Crippen LogP contribution is -2.44.